The van der Waals surface area contributed by atoms with Gasteiger partial charge in [-0.05, 0) is 62.9 Å². The van der Waals surface area contributed by atoms with Gasteiger partial charge in [0.2, 0.25) is 24.1 Å². The van der Waals surface area contributed by atoms with Crippen LogP contribution in [0.1, 0.15) is 110 Å². The fraction of sp³-hybridized carbons (Fsp3) is 0.636. The molecule has 2 N–H and O–H groups in total. The molecule has 0 saturated heterocycles. The van der Waals surface area contributed by atoms with E-state index in [9.17, 15) is 24.6 Å². The van der Waals surface area contributed by atoms with Crippen LogP contribution in [0, 0.1) is 23.7 Å². The smallest absolute Gasteiger partial charge is 0.308 e. The predicted octanol–water partition coefficient (Wildman–Crippen LogP) is 6.98. The number of hydrogen-bond donors (Lipinski definition) is 2. The van der Waals surface area contributed by atoms with Crippen molar-refractivity contribution in [2.24, 2.45) is 23.7 Å². The van der Waals surface area contributed by atoms with Crippen LogP contribution in [0.3, 0.4) is 0 Å². The fourth-order valence-electron chi connectivity index (χ4n) is 7.44. The van der Waals surface area contributed by atoms with Crippen molar-refractivity contribution >= 4 is 24.2 Å². The molecule has 6 bridgehead atoms. The van der Waals surface area contributed by atoms with E-state index in [2.05, 4.69) is 15.0 Å². The molecule has 3 aromatic rings. The van der Waals surface area contributed by atoms with Gasteiger partial charge in [0.1, 0.15) is 42.5 Å². The normalized spacial score (nSPS) is 24.5. The summed E-state index contributed by atoms with van der Waals surface area (Å²) in [7, 11) is 6.36. The van der Waals surface area contributed by atoms with E-state index in [1.165, 1.54) is 30.8 Å². The number of carbonyl (C=O) groups is 3. The summed E-state index contributed by atoms with van der Waals surface area (Å²) in [5.41, 5.74) is 1.22. The number of hydrogen-bond acceptors (Lipinski definition) is 15. The molecular formula is C44H64N4O12. The first kappa shape index (κ1) is 48.2. The van der Waals surface area contributed by atoms with Crippen molar-refractivity contribution in [3.05, 3.63) is 48.7 Å². The zero-order valence-corrected chi connectivity index (χ0v) is 36.2. The number of ether oxygens (including phenoxy) is 4. The third-order valence-electron chi connectivity index (χ3n) is 11.5. The van der Waals surface area contributed by atoms with Crippen LogP contribution in [0.15, 0.2) is 50.4 Å². The van der Waals surface area contributed by atoms with Gasteiger partial charge in [0, 0.05) is 59.3 Å². The molecule has 0 saturated carbocycles. The molecule has 10 atom stereocenters. The molecule has 4 rings (SSSR count). The lowest BCUT2D eigenvalue weighted by Gasteiger charge is -2.31. The van der Waals surface area contributed by atoms with Crippen LogP contribution in [0.5, 0.6) is 0 Å². The minimum Gasteiger partial charge on any atom is -0.462 e. The van der Waals surface area contributed by atoms with E-state index in [1.807, 2.05) is 39.8 Å². The van der Waals surface area contributed by atoms with Crippen molar-refractivity contribution in [3.8, 4) is 23.2 Å². The number of cyclic esters (lactones) is 1. The highest BCUT2D eigenvalue weighted by Crippen LogP contribution is 2.33. The molecule has 1 amide bonds. The Hall–Kier alpha value is -4.48. The molecule has 4 heterocycles. The second-order valence-corrected chi connectivity index (χ2v) is 16.0. The summed E-state index contributed by atoms with van der Waals surface area (Å²) in [5, 5.41) is 22.0. The Labute approximate surface area is 352 Å². The Bertz CT molecular complexity index is 1820. The van der Waals surface area contributed by atoms with Gasteiger partial charge in [-0.2, -0.15) is 0 Å². The highest BCUT2D eigenvalue weighted by atomic mass is 16.5. The van der Waals surface area contributed by atoms with Gasteiger partial charge in [-0.1, -0.05) is 39.8 Å². The molecule has 0 fully saturated rings. The second kappa shape index (κ2) is 24.1. The Kier molecular flexibility index (Phi) is 19.3. The summed E-state index contributed by atoms with van der Waals surface area (Å²) in [5.74, 6) is -0.561. The number of aliphatic hydroxyl groups is 2. The van der Waals surface area contributed by atoms with Gasteiger partial charge in [-0.15, -0.1) is 0 Å². The number of aliphatic hydroxyl groups excluding tert-OH is 2. The first-order valence-electron chi connectivity index (χ1n) is 20.8. The van der Waals surface area contributed by atoms with E-state index in [-0.39, 0.29) is 66.3 Å². The number of allylic oxidation sites excluding steroid dienone is 1. The van der Waals surface area contributed by atoms with Gasteiger partial charge in [-0.3, -0.25) is 14.4 Å². The molecule has 3 aromatic heterocycles. The van der Waals surface area contributed by atoms with Crippen molar-refractivity contribution in [2.45, 2.75) is 129 Å². The van der Waals surface area contributed by atoms with E-state index in [0.29, 0.717) is 80.7 Å². The minimum atomic E-state index is -0.967. The van der Waals surface area contributed by atoms with Gasteiger partial charge in [-0.25, -0.2) is 15.0 Å². The average molecular weight is 841 g/mol. The highest BCUT2D eigenvalue weighted by Gasteiger charge is 2.32. The van der Waals surface area contributed by atoms with Gasteiger partial charge in [0.25, 0.3) is 0 Å². The van der Waals surface area contributed by atoms with Crippen molar-refractivity contribution in [1.82, 2.24) is 19.9 Å². The summed E-state index contributed by atoms with van der Waals surface area (Å²) >= 11 is 0. The average Bonchev–Trinajstić information content (AvgIpc) is 4.03. The Morgan fingerprint density at radius 1 is 0.967 bits per heavy atom. The zero-order valence-electron chi connectivity index (χ0n) is 36.2. The van der Waals surface area contributed by atoms with Crippen LogP contribution in [0.4, 0.5) is 0 Å². The first-order chi connectivity index (χ1) is 28.8. The van der Waals surface area contributed by atoms with Crippen LogP contribution >= 0.6 is 0 Å². The van der Waals surface area contributed by atoms with Crippen LogP contribution in [-0.4, -0.2) is 107 Å². The number of oxazole rings is 3. The minimum absolute atomic E-state index is 0.0476. The lowest BCUT2D eigenvalue weighted by Crippen LogP contribution is -2.34. The Morgan fingerprint density at radius 2 is 1.67 bits per heavy atom. The third kappa shape index (κ3) is 14.0. The van der Waals surface area contributed by atoms with Gasteiger partial charge >= 0.3 is 5.97 Å². The number of rotatable bonds is 15. The van der Waals surface area contributed by atoms with E-state index in [4.69, 9.17) is 32.2 Å². The molecule has 16 heteroatoms. The van der Waals surface area contributed by atoms with Gasteiger partial charge in [0.05, 0.1) is 30.8 Å². The molecular weight excluding hydrogens is 776 g/mol. The quantitative estimate of drug-likeness (QED) is 0.117. The van der Waals surface area contributed by atoms with E-state index in [0.717, 1.165) is 0 Å². The molecule has 0 radical (unpaired) electrons. The Morgan fingerprint density at radius 3 is 2.38 bits per heavy atom. The fourth-order valence-corrected chi connectivity index (χ4v) is 7.44. The van der Waals surface area contributed by atoms with E-state index in [1.54, 1.807) is 33.5 Å². The van der Waals surface area contributed by atoms with Gasteiger partial charge < -0.3 is 47.3 Å². The summed E-state index contributed by atoms with van der Waals surface area (Å²) < 4.78 is 40.4. The summed E-state index contributed by atoms with van der Waals surface area (Å²) in [6, 6.07) is 0. The maximum absolute atomic E-state index is 13.4. The van der Waals surface area contributed by atoms with Gasteiger partial charge in [0.15, 0.2) is 11.4 Å². The number of Topliss-reactive ketones (excluding diaryl/α,β-unsaturated/α-hetero) is 1. The molecule has 0 spiro atoms. The number of fused-ring (bicyclic) bond motifs is 8. The topological polar surface area (TPSA) is 210 Å². The SMILES string of the molecule is CO[C@@H](C[C@@H]1OC(=O)C[C@@H](O)CCC[C@H](O)[C@H](C)[C@H](OC)c2coc(n2)-c2coc(n2)-c2coc(n2)C=CCC[C@@H]1C)[C@@H](C)CCC(=O)[C@H](C)[C@@H](CC=CN(C)C=O)OC. The standard InChI is InChI=1S/C44H64N4O12/c1-27-13-9-10-17-40-45-33(24-57-40)43-47-34(25-59-43)44-46-32(23-58-44)42(56-8)30(4)35(51)15-11-14-31(50)21-41(53)60-39(27)22-38(55-7)28(2)18-19-36(52)29(3)37(54-6)16-12-20-48(5)26-49/h10,12,17,20,23-31,35,37-39,42,50-51H,9,11,13-16,18-19,21-22H2,1-8H3/t27-,28-,29-,30-,31-,35-,37+,38-,39-,42-/m0/s1. The second-order valence-electron chi connectivity index (χ2n) is 16.0. The number of aromatic nitrogens is 3. The van der Waals surface area contributed by atoms with E-state index < -0.39 is 30.4 Å². The van der Waals surface area contributed by atoms with Crippen LogP contribution < -0.4 is 0 Å². The molecule has 16 nitrogen and oxygen atoms in total. The number of ketones is 1. The summed E-state index contributed by atoms with van der Waals surface area (Å²) in [4.78, 5) is 52.5. The summed E-state index contributed by atoms with van der Waals surface area (Å²) in [6.45, 7) is 7.74. The molecule has 332 valence electrons. The predicted molar refractivity (Wildman–Crippen MR) is 221 cm³/mol. The third-order valence-corrected chi connectivity index (χ3v) is 11.5. The Balaban J connectivity index is 1.46. The number of amides is 1. The lowest BCUT2D eigenvalue weighted by molar-refractivity contribution is -0.156. The number of methoxy groups -OCH3 is 3. The summed E-state index contributed by atoms with van der Waals surface area (Å²) in [6.07, 6.45) is 12.5. The molecule has 60 heavy (non-hydrogen) atoms. The number of carbonyl (C=O) groups excluding carboxylic acids is 3. The van der Waals surface area contributed by atoms with Crippen LogP contribution in [0.25, 0.3) is 29.2 Å². The van der Waals surface area contributed by atoms with Crippen molar-refractivity contribution in [2.75, 3.05) is 28.4 Å². The van der Waals surface area contributed by atoms with Crippen molar-refractivity contribution < 1.29 is 56.8 Å². The number of nitrogens with zero attached hydrogens (tertiary/aromatic N) is 4. The van der Waals surface area contributed by atoms with Crippen LogP contribution in [0.2, 0.25) is 0 Å². The molecule has 1 aliphatic heterocycles. The number of esters is 1. The highest BCUT2D eigenvalue weighted by molar-refractivity contribution is 5.81. The largest absolute Gasteiger partial charge is 0.462 e. The van der Waals surface area contributed by atoms with E-state index >= 15 is 0 Å². The molecule has 0 unspecified atom stereocenters. The molecule has 0 aromatic carbocycles. The van der Waals surface area contributed by atoms with Crippen LogP contribution in [-0.2, 0) is 33.3 Å². The van der Waals surface area contributed by atoms with Crippen molar-refractivity contribution in [1.29, 1.82) is 0 Å². The molecule has 0 aliphatic carbocycles. The first-order valence-corrected chi connectivity index (χ1v) is 20.8. The van der Waals surface area contributed by atoms with Crippen molar-refractivity contribution in [3.63, 3.8) is 0 Å². The maximum Gasteiger partial charge on any atom is 0.308 e. The lowest BCUT2D eigenvalue weighted by atomic mass is 9.86. The molecule has 1 aliphatic rings. The zero-order chi connectivity index (χ0) is 43.8. The monoisotopic (exact) mass is 840 g/mol. The maximum atomic E-state index is 13.4.